The molecule has 0 bridgehead atoms. The van der Waals surface area contributed by atoms with Crippen molar-refractivity contribution in [1.29, 1.82) is 0 Å². The van der Waals surface area contributed by atoms with E-state index in [0.717, 1.165) is 18.5 Å². The van der Waals surface area contributed by atoms with Gasteiger partial charge in [-0.15, -0.1) is 0 Å². The van der Waals surface area contributed by atoms with Gasteiger partial charge in [-0.1, -0.05) is 6.07 Å². The van der Waals surface area contributed by atoms with Gasteiger partial charge in [0.05, 0.1) is 0 Å². The SMILES string of the molecule is CC(C)(C)OC(=O)NNCCCc1ccccn1. The van der Waals surface area contributed by atoms with Gasteiger partial charge in [0.2, 0.25) is 0 Å². The number of pyridine rings is 1. The predicted molar refractivity (Wildman–Crippen MR) is 69.9 cm³/mol. The quantitative estimate of drug-likeness (QED) is 0.621. The minimum absolute atomic E-state index is 0.458. The Morgan fingerprint density at radius 1 is 1.39 bits per heavy atom. The second-order valence-corrected chi connectivity index (χ2v) is 4.98. The Hall–Kier alpha value is -1.62. The highest BCUT2D eigenvalue weighted by molar-refractivity contribution is 5.66. The summed E-state index contributed by atoms with van der Waals surface area (Å²) < 4.78 is 5.08. The Morgan fingerprint density at radius 2 is 2.17 bits per heavy atom. The fourth-order valence-electron chi connectivity index (χ4n) is 1.34. The molecule has 0 aliphatic rings. The van der Waals surface area contributed by atoms with Crippen LogP contribution in [-0.4, -0.2) is 23.2 Å². The first-order chi connectivity index (χ1) is 8.47. The van der Waals surface area contributed by atoms with E-state index in [1.807, 2.05) is 39.0 Å². The van der Waals surface area contributed by atoms with Crippen molar-refractivity contribution in [2.45, 2.75) is 39.2 Å². The lowest BCUT2D eigenvalue weighted by molar-refractivity contribution is 0.0498. The summed E-state index contributed by atoms with van der Waals surface area (Å²) in [7, 11) is 0. The molecule has 0 atom stereocenters. The van der Waals surface area contributed by atoms with E-state index in [9.17, 15) is 4.79 Å². The van der Waals surface area contributed by atoms with Crippen molar-refractivity contribution in [3.63, 3.8) is 0 Å². The van der Waals surface area contributed by atoms with E-state index in [4.69, 9.17) is 4.74 Å². The third-order valence-corrected chi connectivity index (χ3v) is 2.05. The zero-order valence-corrected chi connectivity index (χ0v) is 11.2. The summed E-state index contributed by atoms with van der Waals surface area (Å²) in [6.45, 7) is 6.16. The minimum atomic E-state index is -0.472. The summed E-state index contributed by atoms with van der Waals surface area (Å²) in [4.78, 5) is 15.5. The van der Waals surface area contributed by atoms with E-state index in [0.29, 0.717) is 6.54 Å². The highest BCUT2D eigenvalue weighted by Gasteiger charge is 2.15. The lowest BCUT2D eigenvalue weighted by Crippen LogP contribution is -2.41. The van der Waals surface area contributed by atoms with Crippen molar-refractivity contribution in [2.24, 2.45) is 0 Å². The van der Waals surface area contributed by atoms with Gasteiger partial charge >= 0.3 is 6.09 Å². The molecule has 100 valence electrons. The number of amides is 1. The standard InChI is InChI=1S/C13H21N3O2/c1-13(2,3)18-12(17)16-15-10-6-8-11-7-4-5-9-14-11/h4-5,7,9,15H,6,8,10H2,1-3H3,(H,16,17). The molecule has 1 aromatic rings. The van der Waals surface area contributed by atoms with E-state index in [-0.39, 0.29) is 0 Å². The van der Waals surface area contributed by atoms with E-state index in [2.05, 4.69) is 15.8 Å². The molecule has 1 aromatic heterocycles. The van der Waals surface area contributed by atoms with E-state index >= 15 is 0 Å². The van der Waals surface area contributed by atoms with Crippen LogP contribution in [0.2, 0.25) is 0 Å². The average molecular weight is 251 g/mol. The van der Waals surface area contributed by atoms with E-state index in [1.165, 1.54) is 0 Å². The third kappa shape index (κ3) is 6.85. The molecule has 5 nitrogen and oxygen atoms in total. The Labute approximate surface area is 108 Å². The van der Waals surface area contributed by atoms with E-state index < -0.39 is 11.7 Å². The number of hydrogen-bond acceptors (Lipinski definition) is 4. The van der Waals surface area contributed by atoms with E-state index in [1.54, 1.807) is 6.20 Å². The summed E-state index contributed by atoms with van der Waals surface area (Å²) in [5.41, 5.74) is 5.90. The molecule has 5 heteroatoms. The summed E-state index contributed by atoms with van der Waals surface area (Å²) in [5.74, 6) is 0. The van der Waals surface area contributed by atoms with Crippen LogP contribution in [-0.2, 0) is 11.2 Å². The number of carbonyl (C=O) groups is 1. The van der Waals surface area contributed by atoms with Crippen LogP contribution in [0.3, 0.4) is 0 Å². The van der Waals surface area contributed by atoms with Gasteiger partial charge < -0.3 is 4.74 Å². The van der Waals surface area contributed by atoms with Crippen molar-refractivity contribution < 1.29 is 9.53 Å². The Bertz CT molecular complexity index is 360. The van der Waals surface area contributed by atoms with Crippen LogP contribution in [0.1, 0.15) is 32.9 Å². The molecule has 0 aromatic carbocycles. The summed E-state index contributed by atoms with van der Waals surface area (Å²) >= 11 is 0. The van der Waals surface area contributed by atoms with Crippen molar-refractivity contribution in [3.05, 3.63) is 30.1 Å². The second-order valence-electron chi connectivity index (χ2n) is 4.98. The number of aryl methyl sites for hydroxylation is 1. The molecule has 0 saturated heterocycles. The topological polar surface area (TPSA) is 63.2 Å². The summed E-state index contributed by atoms with van der Waals surface area (Å²) in [5, 5.41) is 0. The normalized spacial score (nSPS) is 11.1. The molecule has 1 amide bonds. The molecule has 1 rings (SSSR count). The number of rotatable bonds is 5. The predicted octanol–water partition coefficient (Wildman–Crippen LogP) is 2.04. The van der Waals surface area contributed by atoms with Crippen LogP contribution in [0.15, 0.2) is 24.4 Å². The molecule has 0 radical (unpaired) electrons. The highest BCUT2D eigenvalue weighted by atomic mass is 16.6. The van der Waals surface area contributed by atoms with Crippen LogP contribution in [0.5, 0.6) is 0 Å². The van der Waals surface area contributed by atoms with Crippen molar-refractivity contribution in [1.82, 2.24) is 15.8 Å². The molecule has 18 heavy (non-hydrogen) atoms. The molecule has 0 aliphatic heterocycles. The smallest absolute Gasteiger partial charge is 0.422 e. The largest absolute Gasteiger partial charge is 0.443 e. The van der Waals surface area contributed by atoms with Crippen LogP contribution in [0.4, 0.5) is 4.79 Å². The zero-order chi connectivity index (χ0) is 13.4. The third-order valence-electron chi connectivity index (χ3n) is 2.05. The van der Waals surface area contributed by atoms with Gasteiger partial charge in [-0.3, -0.25) is 10.4 Å². The van der Waals surface area contributed by atoms with Crippen LogP contribution >= 0.6 is 0 Å². The molecular formula is C13H21N3O2. The fraction of sp³-hybridized carbons (Fsp3) is 0.538. The maximum atomic E-state index is 11.3. The second kappa shape index (κ2) is 6.96. The highest BCUT2D eigenvalue weighted by Crippen LogP contribution is 2.05. The Morgan fingerprint density at radius 3 is 2.78 bits per heavy atom. The number of aromatic nitrogens is 1. The molecular weight excluding hydrogens is 230 g/mol. The van der Waals surface area contributed by atoms with Crippen molar-refractivity contribution >= 4 is 6.09 Å². The molecule has 2 N–H and O–H groups in total. The lowest BCUT2D eigenvalue weighted by atomic mass is 10.2. The number of hydrogen-bond donors (Lipinski definition) is 2. The molecule has 0 spiro atoms. The van der Waals surface area contributed by atoms with Crippen LogP contribution in [0.25, 0.3) is 0 Å². The molecule has 0 saturated carbocycles. The molecule has 0 fully saturated rings. The zero-order valence-electron chi connectivity index (χ0n) is 11.2. The Kier molecular flexibility index (Phi) is 5.58. The monoisotopic (exact) mass is 251 g/mol. The summed E-state index contributed by atoms with van der Waals surface area (Å²) in [6.07, 6.45) is 3.10. The Balaban J connectivity index is 2.07. The lowest BCUT2D eigenvalue weighted by Gasteiger charge is -2.19. The van der Waals surface area contributed by atoms with Crippen molar-refractivity contribution in [2.75, 3.05) is 6.54 Å². The molecule has 0 aliphatic carbocycles. The number of nitrogens with one attached hydrogen (secondary N) is 2. The summed E-state index contributed by atoms with van der Waals surface area (Å²) in [6, 6.07) is 5.85. The first-order valence-electron chi connectivity index (χ1n) is 6.09. The van der Waals surface area contributed by atoms with Gasteiger partial charge in [0.1, 0.15) is 5.60 Å². The van der Waals surface area contributed by atoms with Gasteiger partial charge in [-0.05, 0) is 45.7 Å². The van der Waals surface area contributed by atoms with Gasteiger partial charge in [0.25, 0.3) is 0 Å². The first-order valence-corrected chi connectivity index (χ1v) is 6.09. The maximum absolute atomic E-state index is 11.3. The van der Waals surface area contributed by atoms with Crippen molar-refractivity contribution in [3.8, 4) is 0 Å². The number of carbonyl (C=O) groups excluding carboxylic acids is 1. The minimum Gasteiger partial charge on any atom is -0.443 e. The molecule has 0 unspecified atom stereocenters. The number of ether oxygens (including phenoxy) is 1. The van der Waals surface area contributed by atoms with Gasteiger partial charge in [-0.2, -0.15) is 0 Å². The van der Waals surface area contributed by atoms with Gasteiger partial charge in [0.15, 0.2) is 0 Å². The number of hydrazine groups is 1. The van der Waals surface area contributed by atoms with Gasteiger partial charge in [0, 0.05) is 18.4 Å². The average Bonchev–Trinajstić information content (AvgIpc) is 2.27. The van der Waals surface area contributed by atoms with Crippen LogP contribution < -0.4 is 10.9 Å². The van der Waals surface area contributed by atoms with Crippen LogP contribution in [0, 0.1) is 0 Å². The maximum Gasteiger partial charge on any atom is 0.422 e. The molecule has 1 heterocycles. The first kappa shape index (κ1) is 14.4. The van der Waals surface area contributed by atoms with Gasteiger partial charge in [-0.25, -0.2) is 10.2 Å². The fourth-order valence-corrected chi connectivity index (χ4v) is 1.34. The number of nitrogens with zero attached hydrogens (tertiary/aromatic N) is 1.